The van der Waals surface area contributed by atoms with Crippen LogP contribution in [0.2, 0.25) is 0 Å². The maximum Gasteiger partial charge on any atom is 0.0712 e. The molecule has 1 fully saturated rings. The van der Waals surface area contributed by atoms with Gasteiger partial charge in [-0.2, -0.15) is 0 Å². The zero-order valence-electron chi connectivity index (χ0n) is 15.8. The van der Waals surface area contributed by atoms with Gasteiger partial charge in [0.25, 0.3) is 0 Å². The topological polar surface area (TPSA) is 12.9 Å². The lowest BCUT2D eigenvalue weighted by Gasteiger charge is -2.18. The fourth-order valence-corrected chi connectivity index (χ4v) is 4.52. The molecule has 1 aliphatic rings. The van der Waals surface area contributed by atoms with E-state index in [1.54, 1.807) is 0 Å². The van der Waals surface area contributed by atoms with Crippen molar-refractivity contribution in [1.82, 2.24) is 4.98 Å². The molecule has 0 saturated heterocycles. The van der Waals surface area contributed by atoms with Crippen LogP contribution in [0, 0.1) is 19.3 Å². The molecule has 25 heavy (non-hydrogen) atoms. The van der Waals surface area contributed by atoms with E-state index >= 15 is 0 Å². The van der Waals surface area contributed by atoms with E-state index in [1.165, 1.54) is 46.9 Å². The van der Waals surface area contributed by atoms with Gasteiger partial charge in [-0.25, -0.2) is 4.98 Å². The molecular formula is C24H27N. The van der Waals surface area contributed by atoms with Gasteiger partial charge in [-0.15, -0.1) is 0 Å². The van der Waals surface area contributed by atoms with E-state index in [4.69, 9.17) is 4.98 Å². The smallest absolute Gasteiger partial charge is 0.0712 e. The van der Waals surface area contributed by atoms with Gasteiger partial charge in [0.15, 0.2) is 0 Å². The largest absolute Gasteiger partial charge is 0.248 e. The Hall–Kier alpha value is -2.15. The Kier molecular flexibility index (Phi) is 3.91. The highest BCUT2D eigenvalue weighted by Gasteiger charge is 2.32. The molecule has 1 aliphatic carbocycles. The van der Waals surface area contributed by atoms with Crippen LogP contribution in [0.4, 0.5) is 0 Å². The Morgan fingerprint density at radius 1 is 0.960 bits per heavy atom. The van der Waals surface area contributed by atoms with E-state index < -0.39 is 0 Å². The molecule has 2 aromatic carbocycles. The number of nitrogens with zero attached hydrogens (tertiary/aromatic N) is 1. The van der Waals surface area contributed by atoms with Gasteiger partial charge in [-0.1, -0.05) is 49.2 Å². The Morgan fingerprint density at radius 2 is 1.72 bits per heavy atom. The normalized spacial score (nSPS) is 19.4. The summed E-state index contributed by atoms with van der Waals surface area (Å²) in [7, 11) is 0. The third kappa shape index (κ3) is 3.20. The van der Waals surface area contributed by atoms with Crippen LogP contribution in [0.3, 0.4) is 0 Å². The number of rotatable bonds is 2. The minimum absolute atomic E-state index is 0.472. The van der Waals surface area contributed by atoms with Crippen molar-refractivity contribution < 1.29 is 0 Å². The second-order valence-corrected chi connectivity index (χ2v) is 8.59. The molecule has 1 aromatic heterocycles. The van der Waals surface area contributed by atoms with E-state index in [-0.39, 0.29) is 0 Å². The Labute approximate surface area is 151 Å². The number of benzene rings is 2. The maximum atomic E-state index is 5.00. The Morgan fingerprint density at radius 3 is 2.40 bits per heavy atom. The third-order valence-electron chi connectivity index (χ3n) is 5.69. The van der Waals surface area contributed by atoms with Gasteiger partial charge in [-0.3, -0.25) is 0 Å². The van der Waals surface area contributed by atoms with Crippen LogP contribution in [-0.4, -0.2) is 4.98 Å². The zero-order chi connectivity index (χ0) is 17.6. The molecule has 0 bridgehead atoms. The van der Waals surface area contributed by atoms with E-state index in [2.05, 4.69) is 76.2 Å². The van der Waals surface area contributed by atoms with Crippen molar-refractivity contribution in [3.63, 3.8) is 0 Å². The van der Waals surface area contributed by atoms with Crippen molar-refractivity contribution in [2.45, 2.75) is 52.9 Å². The van der Waals surface area contributed by atoms with Crippen LogP contribution in [0.25, 0.3) is 22.2 Å². The van der Waals surface area contributed by atoms with Crippen LogP contribution in [0.1, 0.15) is 55.7 Å². The Bertz CT molecular complexity index is 916. The first kappa shape index (κ1) is 16.3. The number of fused-ring (bicyclic) bond motifs is 1. The molecule has 0 amide bonds. The summed E-state index contributed by atoms with van der Waals surface area (Å²) in [5.74, 6) is 0.674. The van der Waals surface area contributed by atoms with Gasteiger partial charge in [0.1, 0.15) is 0 Å². The van der Waals surface area contributed by atoms with Crippen LogP contribution in [0.5, 0.6) is 0 Å². The molecular weight excluding hydrogens is 302 g/mol. The number of hydrogen-bond donors (Lipinski definition) is 0. The first-order chi connectivity index (χ1) is 11.9. The van der Waals surface area contributed by atoms with Gasteiger partial charge in [0.2, 0.25) is 0 Å². The summed E-state index contributed by atoms with van der Waals surface area (Å²) in [6, 6.07) is 17.8. The summed E-state index contributed by atoms with van der Waals surface area (Å²) >= 11 is 0. The number of aromatic nitrogens is 1. The highest BCUT2D eigenvalue weighted by atomic mass is 14.7. The second-order valence-electron chi connectivity index (χ2n) is 8.59. The van der Waals surface area contributed by atoms with Crippen molar-refractivity contribution in [2.24, 2.45) is 5.41 Å². The number of hydrogen-bond acceptors (Lipinski definition) is 1. The summed E-state index contributed by atoms with van der Waals surface area (Å²) in [5, 5.41) is 1.33. The number of pyridine rings is 1. The molecule has 1 unspecified atom stereocenters. The molecule has 1 heteroatoms. The predicted octanol–water partition coefficient (Wildman–Crippen LogP) is 6.81. The summed E-state index contributed by atoms with van der Waals surface area (Å²) in [6.45, 7) is 9.10. The fourth-order valence-electron chi connectivity index (χ4n) is 4.52. The monoisotopic (exact) mass is 329 g/mol. The standard InChI is InChI=1S/C24H27N/c1-16-12-17(2)14-19(13-16)22-9-8-21-20(6-5-7-23(21)25-22)18-10-11-24(3,4)15-18/h5-9,12-14,18H,10-11,15H2,1-4H3. The lowest BCUT2D eigenvalue weighted by atomic mass is 9.87. The molecule has 1 heterocycles. The van der Waals surface area contributed by atoms with Crippen LogP contribution in [-0.2, 0) is 0 Å². The summed E-state index contributed by atoms with van der Waals surface area (Å²) in [5.41, 5.74) is 7.95. The summed E-state index contributed by atoms with van der Waals surface area (Å²) in [4.78, 5) is 5.00. The van der Waals surface area contributed by atoms with Gasteiger partial charge in [0.05, 0.1) is 11.2 Å². The zero-order valence-corrected chi connectivity index (χ0v) is 15.8. The average molecular weight is 329 g/mol. The SMILES string of the molecule is Cc1cc(C)cc(-c2ccc3c(C4CCC(C)(C)C4)cccc3n2)c1. The highest BCUT2D eigenvalue weighted by Crippen LogP contribution is 2.47. The molecule has 0 N–H and O–H groups in total. The van der Waals surface area contributed by atoms with Gasteiger partial charge < -0.3 is 0 Å². The summed E-state index contributed by atoms with van der Waals surface area (Å²) in [6.07, 6.45) is 3.90. The van der Waals surface area contributed by atoms with Crippen molar-refractivity contribution in [2.75, 3.05) is 0 Å². The minimum Gasteiger partial charge on any atom is -0.248 e. The van der Waals surface area contributed by atoms with E-state index in [9.17, 15) is 0 Å². The fraction of sp³-hybridized carbons (Fsp3) is 0.375. The third-order valence-corrected chi connectivity index (χ3v) is 5.69. The molecule has 1 nitrogen and oxygen atoms in total. The maximum absolute atomic E-state index is 5.00. The van der Waals surface area contributed by atoms with Crippen molar-refractivity contribution in [3.8, 4) is 11.3 Å². The molecule has 0 radical (unpaired) electrons. The molecule has 1 atom stereocenters. The molecule has 0 aliphatic heterocycles. The van der Waals surface area contributed by atoms with Crippen LogP contribution < -0.4 is 0 Å². The van der Waals surface area contributed by atoms with E-state index in [1.807, 2.05) is 0 Å². The first-order valence-corrected chi connectivity index (χ1v) is 9.40. The molecule has 4 rings (SSSR count). The lowest BCUT2D eigenvalue weighted by Crippen LogP contribution is -2.04. The quantitative estimate of drug-likeness (QED) is 0.503. The average Bonchev–Trinajstić information content (AvgIpc) is 2.92. The van der Waals surface area contributed by atoms with Gasteiger partial charge in [-0.05, 0) is 74.3 Å². The van der Waals surface area contributed by atoms with E-state index in [0.29, 0.717) is 11.3 Å². The molecule has 3 aromatic rings. The van der Waals surface area contributed by atoms with Crippen molar-refractivity contribution in [1.29, 1.82) is 0 Å². The Balaban J connectivity index is 1.78. The molecule has 1 saturated carbocycles. The lowest BCUT2D eigenvalue weighted by molar-refractivity contribution is 0.376. The number of aryl methyl sites for hydroxylation is 2. The van der Waals surface area contributed by atoms with Crippen molar-refractivity contribution >= 4 is 10.9 Å². The minimum atomic E-state index is 0.472. The predicted molar refractivity (Wildman–Crippen MR) is 107 cm³/mol. The molecule has 128 valence electrons. The molecule has 0 spiro atoms. The highest BCUT2D eigenvalue weighted by molar-refractivity contribution is 5.85. The van der Waals surface area contributed by atoms with Gasteiger partial charge >= 0.3 is 0 Å². The van der Waals surface area contributed by atoms with Crippen LogP contribution in [0.15, 0.2) is 48.5 Å². The van der Waals surface area contributed by atoms with Gasteiger partial charge in [0, 0.05) is 10.9 Å². The van der Waals surface area contributed by atoms with Crippen LogP contribution >= 0.6 is 0 Å². The summed E-state index contributed by atoms with van der Waals surface area (Å²) < 4.78 is 0. The van der Waals surface area contributed by atoms with Crippen molar-refractivity contribution in [3.05, 3.63) is 65.2 Å². The first-order valence-electron chi connectivity index (χ1n) is 9.40. The second kappa shape index (κ2) is 5.98. The van der Waals surface area contributed by atoms with E-state index in [0.717, 1.165) is 11.2 Å².